The molecule has 3 fully saturated rings. The summed E-state index contributed by atoms with van der Waals surface area (Å²) in [5.41, 5.74) is 0.930. The van der Waals surface area contributed by atoms with Crippen molar-refractivity contribution in [3.63, 3.8) is 0 Å². The van der Waals surface area contributed by atoms with Crippen molar-refractivity contribution in [2.75, 3.05) is 32.8 Å². The monoisotopic (exact) mass is 348 g/mol. The van der Waals surface area contributed by atoms with E-state index in [0.717, 1.165) is 30.1 Å². The predicted octanol–water partition coefficient (Wildman–Crippen LogP) is 3.02. The molecule has 1 aromatic carbocycles. The maximum Gasteiger partial charge on any atom is 0.230 e. The standard InChI is InChI=1S/C19H25ClN2O2/c20-16-6-4-14(5-7-16)17-12-22(9-10-24-17)18(23)19-8-2-1-3-15(19)11-21-13-19/h4-7,15,17,21H,1-3,8-13H2/t15-,17?,19+/m0/s1. The van der Waals surface area contributed by atoms with Gasteiger partial charge in [-0.15, -0.1) is 0 Å². The zero-order valence-electron chi connectivity index (χ0n) is 14.0. The minimum atomic E-state index is -0.167. The van der Waals surface area contributed by atoms with E-state index >= 15 is 0 Å². The summed E-state index contributed by atoms with van der Waals surface area (Å²) in [4.78, 5) is 15.4. The van der Waals surface area contributed by atoms with E-state index in [0.29, 0.717) is 31.5 Å². The number of hydrogen-bond acceptors (Lipinski definition) is 3. The van der Waals surface area contributed by atoms with Crippen LogP contribution in [0.2, 0.25) is 5.02 Å². The lowest BCUT2D eigenvalue weighted by Crippen LogP contribution is -2.53. The molecule has 4 nitrogen and oxygen atoms in total. The van der Waals surface area contributed by atoms with Crippen molar-refractivity contribution in [2.45, 2.75) is 31.8 Å². The minimum absolute atomic E-state index is 0.0484. The van der Waals surface area contributed by atoms with Gasteiger partial charge in [-0.2, -0.15) is 0 Å². The molecule has 4 rings (SSSR count). The molecule has 0 aromatic heterocycles. The fourth-order valence-corrected chi connectivity index (χ4v) is 4.82. The number of carbonyl (C=O) groups is 1. The first-order valence-electron chi connectivity index (χ1n) is 9.06. The molecule has 1 amide bonds. The van der Waals surface area contributed by atoms with Crippen LogP contribution >= 0.6 is 11.6 Å². The minimum Gasteiger partial charge on any atom is -0.370 e. The van der Waals surface area contributed by atoms with Gasteiger partial charge in [0.1, 0.15) is 6.10 Å². The number of nitrogens with zero attached hydrogens (tertiary/aromatic N) is 1. The van der Waals surface area contributed by atoms with Gasteiger partial charge in [-0.3, -0.25) is 4.79 Å². The Kier molecular flexibility index (Phi) is 4.54. The largest absolute Gasteiger partial charge is 0.370 e. The number of rotatable bonds is 2. The molecule has 0 spiro atoms. The average Bonchev–Trinajstić information content (AvgIpc) is 3.07. The van der Waals surface area contributed by atoms with E-state index < -0.39 is 0 Å². The van der Waals surface area contributed by atoms with Crippen molar-refractivity contribution in [1.29, 1.82) is 0 Å². The summed E-state index contributed by atoms with van der Waals surface area (Å²) in [7, 11) is 0. The fraction of sp³-hybridized carbons (Fsp3) is 0.632. The quantitative estimate of drug-likeness (QED) is 0.893. The van der Waals surface area contributed by atoms with Crippen molar-refractivity contribution in [1.82, 2.24) is 10.2 Å². The molecule has 130 valence electrons. The zero-order valence-corrected chi connectivity index (χ0v) is 14.7. The van der Waals surface area contributed by atoms with Crippen molar-refractivity contribution in [2.24, 2.45) is 11.3 Å². The topological polar surface area (TPSA) is 41.6 Å². The van der Waals surface area contributed by atoms with Crippen molar-refractivity contribution >= 4 is 17.5 Å². The summed E-state index contributed by atoms with van der Waals surface area (Å²) in [6.07, 6.45) is 4.61. The van der Waals surface area contributed by atoms with Gasteiger partial charge in [-0.25, -0.2) is 0 Å². The Balaban J connectivity index is 1.51. The lowest BCUT2D eigenvalue weighted by Gasteiger charge is -2.43. The first-order chi connectivity index (χ1) is 11.7. The number of benzene rings is 1. The first kappa shape index (κ1) is 16.4. The number of carbonyl (C=O) groups excluding carboxylic acids is 1. The number of amides is 1. The van der Waals surface area contributed by atoms with Gasteiger partial charge in [0.15, 0.2) is 0 Å². The first-order valence-corrected chi connectivity index (χ1v) is 9.44. The van der Waals surface area contributed by atoms with Crippen molar-refractivity contribution < 1.29 is 9.53 Å². The van der Waals surface area contributed by atoms with Crippen LogP contribution < -0.4 is 5.32 Å². The third-order valence-corrected chi connectivity index (χ3v) is 6.31. The highest BCUT2D eigenvalue weighted by molar-refractivity contribution is 6.30. The van der Waals surface area contributed by atoms with Crippen LogP contribution in [0.1, 0.15) is 37.4 Å². The number of ether oxygens (including phenoxy) is 1. The number of halogens is 1. The third kappa shape index (κ3) is 2.85. The van der Waals surface area contributed by atoms with Gasteiger partial charge in [-0.05, 0) is 43.0 Å². The van der Waals surface area contributed by atoms with Gasteiger partial charge < -0.3 is 15.0 Å². The molecule has 2 saturated heterocycles. The molecule has 1 aromatic rings. The molecule has 0 bridgehead atoms. The second kappa shape index (κ2) is 6.66. The summed E-state index contributed by atoms with van der Waals surface area (Å²) < 4.78 is 5.93. The number of nitrogens with one attached hydrogen (secondary N) is 1. The summed E-state index contributed by atoms with van der Waals surface area (Å²) in [5.74, 6) is 0.857. The molecular formula is C19H25ClN2O2. The second-order valence-electron chi connectivity index (χ2n) is 7.39. The van der Waals surface area contributed by atoms with Crippen LogP contribution in [0.3, 0.4) is 0 Å². The Morgan fingerprint density at radius 1 is 1.29 bits per heavy atom. The highest BCUT2D eigenvalue weighted by Crippen LogP contribution is 2.45. The van der Waals surface area contributed by atoms with E-state index in [1.807, 2.05) is 29.2 Å². The molecule has 5 heteroatoms. The van der Waals surface area contributed by atoms with E-state index in [1.165, 1.54) is 19.3 Å². The molecule has 0 radical (unpaired) electrons. The molecular weight excluding hydrogens is 324 g/mol. The van der Waals surface area contributed by atoms with Crippen LogP contribution in [0, 0.1) is 11.3 Å². The predicted molar refractivity (Wildman–Crippen MR) is 94.0 cm³/mol. The van der Waals surface area contributed by atoms with Crippen LogP contribution in [-0.2, 0) is 9.53 Å². The Hall–Kier alpha value is -1.10. The average molecular weight is 349 g/mol. The Labute approximate surface area is 148 Å². The van der Waals surface area contributed by atoms with Gasteiger partial charge in [0, 0.05) is 18.1 Å². The molecule has 2 aliphatic heterocycles. The maximum atomic E-state index is 13.4. The van der Waals surface area contributed by atoms with Gasteiger partial charge in [0.2, 0.25) is 5.91 Å². The Morgan fingerprint density at radius 2 is 2.12 bits per heavy atom. The highest BCUT2D eigenvalue weighted by Gasteiger charge is 2.51. The van der Waals surface area contributed by atoms with Crippen LogP contribution in [0.25, 0.3) is 0 Å². The van der Waals surface area contributed by atoms with Gasteiger partial charge in [0.05, 0.1) is 18.6 Å². The van der Waals surface area contributed by atoms with E-state index in [-0.39, 0.29) is 11.5 Å². The lowest BCUT2D eigenvalue weighted by atomic mass is 9.67. The van der Waals surface area contributed by atoms with Crippen molar-refractivity contribution in [3.05, 3.63) is 34.9 Å². The lowest BCUT2D eigenvalue weighted by molar-refractivity contribution is -0.153. The SMILES string of the molecule is O=C(N1CCOC(c2ccc(Cl)cc2)C1)[C@@]12CCCC[C@H]1CNC2. The van der Waals surface area contributed by atoms with Crippen LogP contribution in [0.15, 0.2) is 24.3 Å². The van der Waals surface area contributed by atoms with Gasteiger partial charge >= 0.3 is 0 Å². The normalized spacial score (nSPS) is 33.3. The summed E-state index contributed by atoms with van der Waals surface area (Å²) in [6.45, 7) is 3.80. The van der Waals surface area contributed by atoms with Crippen LogP contribution in [0.4, 0.5) is 0 Å². The summed E-state index contributed by atoms with van der Waals surface area (Å²) >= 11 is 5.98. The molecule has 1 N–H and O–H groups in total. The van der Waals surface area contributed by atoms with E-state index in [9.17, 15) is 4.79 Å². The Morgan fingerprint density at radius 3 is 2.96 bits per heavy atom. The van der Waals surface area contributed by atoms with E-state index in [4.69, 9.17) is 16.3 Å². The Bertz CT molecular complexity index is 606. The smallest absolute Gasteiger partial charge is 0.230 e. The summed E-state index contributed by atoms with van der Waals surface area (Å²) in [6, 6.07) is 7.77. The third-order valence-electron chi connectivity index (χ3n) is 6.06. The molecule has 3 aliphatic rings. The van der Waals surface area contributed by atoms with Crippen molar-refractivity contribution in [3.8, 4) is 0 Å². The molecule has 3 atom stereocenters. The fourth-order valence-electron chi connectivity index (χ4n) is 4.70. The number of hydrogen-bond donors (Lipinski definition) is 1. The zero-order chi connectivity index (χ0) is 16.6. The van der Waals surface area contributed by atoms with Crippen LogP contribution in [0.5, 0.6) is 0 Å². The maximum absolute atomic E-state index is 13.4. The number of morpholine rings is 1. The molecule has 1 unspecified atom stereocenters. The highest BCUT2D eigenvalue weighted by atomic mass is 35.5. The van der Waals surface area contributed by atoms with Crippen LogP contribution in [-0.4, -0.2) is 43.6 Å². The summed E-state index contributed by atoms with van der Waals surface area (Å²) in [5, 5.41) is 4.21. The number of fused-ring (bicyclic) bond motifs is 1. The van der Waals surface area contributed by atoms with E-state index in [2.05, 4.69) is 5.32 Å². The molecule has 24 heavy (non-hydrogen) atoms. The van der Waals surface area contributed by atoms with E-state index in [1.54, 1.807) is 0 Å². The molecule has 1 aliphatic carbocycles. The second-order valence-corrected chi connectivity index (χ2v) is 7.83. The molecule has 1 saturated carbocycles. The molecule has 2 heterocycles. The van der Waals surface area contributed by atoms with Gasteiger partial charge in [-0.1, -0.05) is 36.6 Å². The van der Waals surface area contributed by atoms with Gasteiger partial charge in [0.25, 0.3) is 0 Å².